The molecule has 1 amide bonds. The smallest absolute Gasteiger partial charge is 0.406 e. The highest BCUT2D eigenvalue weighted by Gasteiger charge is 2.13. The van der Waals surface area contributed by atoms with Gasteiger partial charge >= 0.3 is 12.1 Å². The summed E-state index contributed by atoms with van der Waals surface area (Å²) >= 11 is 0. The molecule has 0 aromatic carbocycles. The Balaban J connectivity index is 4.33. The number of hydrogen-bond acceptors (Lipinski definition) is 4. The van der Waals surface area contributed by atoms with Gasteiger partial charge in [-0.2, -0.15) is 0 Å². The highest BCUT2D eigenvalue weighted by Crippen LogP contribution is 1.95. The molecule has 1 unspecified atom stereocenters. The summed E-state index contributed by atoms with van der Waals surface area (Å²) in [6, 6.07) is 0. The second-order valence-electron chi connectivity index (χ2n) is 3.50. The van der Waals surface area contributed by atoms with Gasteiger partial charge in [-0.3, -0.25) is 5.32 Å². The molecule has 0 aliphatic heterocycles. The fraction of sp³-hybridized carbons (Fsp3) is 0.455. The molecule has 0 spiro atoms. The van der Waals surface area contributed by atoms with E-state index in [0.29, 0.717) is 0 Å². The summed E-state index contributed by atoms with van der Waals surface area (Å²) in [5.41, 5.74) is 1.04. The van der Waals surface area contributed by atoms with Gasteiger partial charge in [0.05, 0.1) is 0 Å². The first kappa shape index (κ1) is 15.0. The Morgan fingerprint density at radius 3 is 2.41 bits per heavy atom. The molecule has 6 heteroatoms. The maximum absolute atomic E-state index is 11.1. The van der Waals surface area contributed by atoms with Crippen molar-refractivity contribution in [3.8, 4) is 0 Å². The van der Waals surface area contributed by atoms with Crippen LogP contribution in [0.4, 0.5) is 4.79 Å². The molecular formula is C11H18N2O4. The van der Waals surface area contributed by atoms with E-state index in [-0.39, 0.29) is 12.2 Å². The molecule has 0 saturated heterocycles. The van der Waals surface area contributed by atoms with E-state index < -0.39 is 18.2 Å². The van der Waals surface area contributed by atoms with Crippen LogP contribution in [0.15, 0.2) is 23.9 Å². The van der Waals surface area contributed by atoms with E-state index in [9.17, 15) is 9.59 Å². The topological polar surface area (TPSA) is 87.7 Å². The number of carbonyl (C=O) groups is 2. The zero-order chi connectivity index (χ0) is 13.4. The zero-order valence-corrected chi connectivity index (χ0v) is 10.2. The summed E-state index contributed by atoms with van der Waals surface area (Å²) < 4.78 is 4.86. The monoisotopic (exact) mass is 242 g/mol. The van der Waals surface area contributed by atoms with Gasteiger partial charge < -0.3 is 15.2 Å². The Bertz CT molecular complexity index is 336. The lowest BCUT2D eigenvalue weighted by atomic mass is 10.3. The summed E-state index contributed by atoms with van der Waals surface area (Å²) in [4.78, 5) is 21.7. The minimum Gasteiger partial charge on any atom is -0.465 e. The number of nitrogens with one attached hydrogen (secondary N) is 2. The number of rotatable bonds is 6. The third-order valence-electron chi connectivity index (χ3n) is 1.86. The second-order valence-corrected chi connectivity index (χ2v) is 3.50. The molecule has 0 rings (SSSR count). The number of amides is 1. The van der Waals surface area contributed by atoms with Crippen molar-refractivity contribution in [1.29, 1.82) is 0 Å². The molecule has 0 heterocycles. The van der Waals surface area contributed by atoms with Gasteiger partial charge in [-0.25, -0.2) is 9.59 Å². The molecular weight excluding hydrogens is 224 g/mol. The van der Waals surface area contributed by atoms with Gasteiger partial charge in [0.15, 0.2) is 0 Å². The van der Waals surface area contributed by atoms with Gasteiger partial charge in [0, 0.05) is 11.3 Å². The summed E-state index contributed by atoms with van der Waals surface area (Å²) in [5, 5.41) is 13.7. The summed E-state index contributed by atoms with van der Waals surface area (Å²) in [5.74, 6) is -0.554. The van der Waals surface area contributed by atoms with Gasteiger partial charge in [0.1, 0.15) is 12.8 Å². The molecule has 0 bridgehead atoms. The van der Waals surface area contributed by atoms with Crippen LogP contribution in [-0.4, -0.2) is 29.9 Å². The van der Waals surface area contributed by atoms with Gasteiger partial charge in [-0.05, 0) is 20.8 Å². The van der Waals surface area contributed by atoms with Crippen LogP contribution < -0.4 is 10.6 Å². The van der Waals surface area contributed by atoms with Crippen LogP contribution in [0.2, 0.25) is 0 Å². The predicted octanol–water partition coefficient (Wildman–Crippen LogP) is 1.21. The van der Waals surface area contributed by atoms with Crippen LogP contribution in [0.3, 0.4) is 0 Å². The zero-order valence-electron chi connectivity index (χ0n) is 10.2. The number of ether oxygens (including phenoxy) is 1. The third-order valence-corrected chi connectivity index (χ3v) is 1.86. The third kappa shape index (κ3) is 6.99. The minimum atomic E-state index is -1.20. The van der Waals surface area contributed by atoms with Crippen molar-refractivity contribution in [3.63, 3.8) is 0 Å². The highest BCUT2D eigenvalue weighted by atomic mass is 16.5. The van der Waals surface area contributed by atoms with Crippen molar-refractivity contribution in [2.24, 2.45) is 0 Å². The molecule has 0 aliphatic carbocycles. The van der Waals surface area contributed by atoms with Crippen molar-refractivity contribution in [1.82, 2.24) is 10.6 Å². The van der Waals surface area contributed by atoms with Crippen molar-refractivity contribution >= 4 is 12.1 Å². The van der Waals surface area contributed by atoms with Gasteiger partial charge in [0.25, 0.3) is 0 Å². The summed E-state index contributed by atoms with van der Waals surface area (Å²) in [6.07, 6.45) is -0.110. The summed E-state index contributed by atoms with van der Waals surface area (Å²) in [7, 11) is 0. The Morgan fingerprint density at radius 2 is 2.00 bits per heavy atom. The summed E-state index contributed by atoms with van der Waals surface area (Å²) in [6.45, 7) is 8.42. The Hall–Kier alpha value is -1.98. The normalized spacial score (nSPS) is 12.5. The SMILES string of the molecule is C=C(C)C(=O)OCC(NC(=O)O)NC(C)=CC. The Kier molecular flexibility index (Phi) is 6.47. The molecule has 1 atom stereocenters. The lowest BCUT2D eigenvalue weighted by molar-refractivity contribution is -0.139. The van der Waals surface area contributed by atoms with Crippen molar-refractivity contribution in [2.45, 2.75) is 26.9 Å². The number of carboxylic acid groups (broad SMARTS) is 1. The standard InChI is InChI=1S/C11H18N2O4/c1-5-8(4)12-9(13-11(15)16)6-17-10(14)7(2)3/h5,9,12-13H,2,6H2,1,3-4H3,(H,15,16). The lowest BCUT2D eigenvalue weighted by Gasteiger charge is -2.19. The molecule has 0 aliphatic rings. The van der Waals surface area contributed by atoms with Gasteiger partial charge in [-0.1, -0.05) is 12.7 Å². The fourth-order valence-electron chi connectivity index (χ4n) is 0.909. The van der Waals surface area contributed by atoms with Crippen LogP contribution in [0.25, 0.3) is 0 Å². The van der Waals surface area contributed by atoms with E-state index in [1.165, 1.54) is 6.92 Å². The average molecular weight is 242 g/mol. The number of carbonyl (C=O) groups excluding carboxylic acids is 1. The first-order valence-corrected chi connectivity index (χ1v) is 5.08. The maximum Gasteiger partial charge on any atom is 0.406 e. The maximum atomic E-state index is 11.1. The van der Waals surface area contributed by atoms with Gasteiger partial charge in [-0.15, -0.1) is 0 Å². The van der Waals surface area contributed by atoms with Crippen LogP contribution >= 0.6 is 0 Å². The number of allylic oxidation sites excluding steroid dienone is 2. The quantitative estimate of drug-likeness (QED) is 0.370. The van der Waals surface area contributed by atoms with E-state index in [2.05, 4.69) is 17.2 Å². The van der Waals surface area contributed by atoms with E-state index in [4.69, 9.17) is 9.84 Å². The largest absolute Gasteiger partial charge is 0.465 e. The fourth-order valence-corrected chi connectivity index (χ4v) is 0.909. The van der Waals surface area contributed by atoms with Crippen molar-refractivity contribution < 1.29 is 19.4 Å². The van der Waals surface area contributed by atoms with Gasteiger partial charge in [0.2, 0.25) is 0 Å². The second kappa shape index (κ2) is 7.32. The van der Waals surface area contributed by atoms with Crippen LogP contribution in [0.1, 0.15) is 20.8 Å². The first-order chi connectivity index (χ1) is 7.86. The van der Waals surface area contributed by atoms with Crippen molar-refractivity contribution in [3.05, 3.63) is 23.9 Å². The first-order valence-electron chi connectivity index (χ1n) is 5.08. The minimum absolute atomic E-state index is 0.108. The van der Waals surface area contributed by atoms with Crippen LogP contribution in [0.5, 0.6) is 0 Å². The molecule has 0 aromatic rings. The van der Waals surface area contributed by atoms with E-state index in [0.717, 1.165) is 5.70 Å². The molecule has 0 saturated carbocycles. The average Bonchev–Trinajstić information content (AvgIpc) is 2.24. The molecule has 17 heavy (non-hydrogen) atoms. The molecule has 3 N–H and O–H groups in total. The molecule has 96 valence electrons. The highest BCUT2D eigenvalue weighted by molar-refractivity contribution is 5.86. The lowest BCUT2D eigenvalue weighted by Crippen LogP contribution is -2.47. The Labute approximate surface area is 100 Å². The number of esters is 1. The van der Waals surface area contributed by atoms with E-state index in [1.54, 1.807) is 19.9 Å². The predicted molar refractivity (Wildman–Crippen MR) is 63.3 cm³/mol. The molecule has 0 aromatic heterocycles. The van der Waals surface area contributed by atoms with E-state index >= 15 is 0 Å². The van der Waals surface area contributed by atoms with Crippen LogP contribution in [0, 0.1) is 0 Å². The molecule has 0 radical (unpaired) electrons. The number of hydrogen-bond donors (Lipinski definition) is 3. The molecule has 6 nitrogen and oxygen atoms in total. The molecule has 0 fully saturated rings. The Morgan fingerprint density at radius 1 is 1.41 bits per heavy atom. The van der Waals surface area contributed by atoms with Crippen LogP contribution in [-0.2, 0) is 9.53 Å². The van der Waals surface area contributed by atoms with E-state index in [1.807, 2.05) is 0 Å². The van der Waals surface area contributed by atoms with Crippen molar-refractivity contribution in [2.75, 3.05) is 6.61 Å².